The van der Waals surface area contributed by atoms with Gasteiger partial charge < -0.3 is 15.4 Å². The Morgan fingerprint density at radius 1 is 1.42 bits per heavy atom. The van der Waals surface area contributed by atoms with Gasteiger partial charge in [0.15, 0.2) is 0 Å². The lowest BCUT2D eigenvalue weighted by Gasteiger charge is -2.28. The molecule has 0 fully saturated rings. The minimum atomic E-state index is -0.455. The molecule has 4 nitrogen and oxygen atoms in total. The van der Waals surface area contributed by atoms with E-state index in [0.29, 0.717) is 18.7 Å². The predicted molar refractivity (Wildman–Crippen MR) is 79.2 cm³/mol. The van der Waals surface area contributed by atoms with Crippen LogP contribution in [0.4, 0.5) is 11.4 Å². The first-order valence-electron chi connectivity index (χ1n) is 6.60. The summed E-state index contributed by atoms with van der Waals surface area (Å²) < 4.78 is 5.32. The molecule has 106 valence electrons. The Morgan fingerprint density at radius 2 is 2.11 bits per heavy atom. The normalized spacial score (nSPS) is 11.4. The Balaban J connectivity index is 2.91. The van der Waals surface area contributed by atoms with Gasteiger partial charge in [-0.25, -0.2) is 0 Å². The maximum absolute atomic E-state index is 12.4. The van der Waals surface area contributed by atoms with Gasteiger partial charge in [-0.1, -0.05) is 13.0 Å². The van der Waals surface area contributed by atoms with Gasteiger partial charge in [-0.3, -0.25) is 4.79 Å². The lowest BCUT2D eigenvalue weighted by atomic mass is 10.0. The zero-order chi connectivity index (χ0) is 14.5. The Kier molecular flexibility index (Phi) is 5.36. The van der Waals surface area contributed by atoms with Crippen LogP contribution in [0.25, 0.3) is 0 Å². The number of hydrogen-bond donors (Lipinski definition) is 1. The van der Waals surface area contributed by atoms with Crippen LogP contribution in [0.15, 0.2) is 24.3 Å². The van der Waals surface area contributed by atoms with E-state index in [0.717, 1.165) is 12.1 Å². The van der Waals surface area contributed by atoms with Gasteiger partial charge in [0.05, 0.1) is 12.0 Å². The maximum atomic E-state index is 12.4. The molecule has 0 bridgehead atoms. The Labute approximate surface area is 115 Å². The van der Waals surface area contributed by atoms with Crippen LogP contribution in [0.3, 0.4) is 0 Å². The first-order chi connectivity index (χ1) is 8.89. The number of hydrogen-bond acceptors (Lipinski definition) is 3. The SMILES string of the molecule is CCCN(C(=O)CC(C)(C)OC)c1cccc(N)c1. The zero-order valence-corrected chi connectivity index (χ0v) is 12.3. The van der Waals surface area contributed by atoms with Gasteiger partial charge in [-0.05, 0) is 38.5 Å². The summed E-state index contributed by atoms with van der Waals surface area (Å²) in [5.74, 6) is 0.0549. The van der Waals surface area contributed by atoms with Crippen molar-refractivity contribution in [3.8, 4) is 0 Å². The zero-order valence-electron chi connectivity index (χ0n) is 12.3. The molecule has 0 aliphatic heterocycles. The van der Waals surface area contributed by atoms with Crippen molar-refractivity contribution in [1.82, 2.24) is 0 Å². The number of carbonyl (C=O) groups is 1. The largest absolute Gasteiger partial charge is 0.399 e. The topological polar surface area (TPSA) is 55.6 Å². The van der Waals surface area contributed by atoms with Crippen LogP contribution in [0, 0.1) is 0 Å². The second-order valence-electron chi connectivity index (χ2n) is 5.28. The number of amides is 1. The van der Waals surface area contributed by atoms with E-state index in [9.17, 15) is 4.79 Å². The Morgan fingerprint density at radius 3 is 2.63 bits per heavy atom. The number of ether oxygens (including phenoxy) is 1. The van der Waals surface area contributed by atoms with Crippen molar-refractivity contribution < 1.29 is 9.53 Å². The first kappa shape index (κ1) is 15.5. The fourth-order valence-corrected chi connectivity index (χ4v) is 1.85. The fraction of sp³-hybridized carbons (Fsp3) is 0.533. The number of rotatable bonds is 6. The highest BCUT2D eigenvalue weighted by atomic mass is 16.5. The van der Waals surface area contributed by atoms with Crippen molar-refractivity contribution in [3.63, 3.8) is 0 Å². The monoisotopic (exact) mass is 264 g/mol. The lowest BCUT2D eigenvalue weighted by molar-refractivity contribution is -0.123. The molecule has 0 spiro atoms. The summed E-state index contributed by atoms with van der Waals surface area (Å²) >= 11 is 0. The van der Waals surface area contributed by atoms with Crippen molar-refractivity contribution in [2.45, 2.75) is 39.2 Å². The molecule has 0 aliphatic rings. The number of methoxy groups -OCH3 is 1. The highest BCUT2D eigenvalue weighted by Gasteiger charge is 2.25. The molecular formula is C15H24N2O2. The van der Waals surface area contributed by atoms with E-state index in [4.69, 9.17) is 10.5 Å². The van der Waals surface area contributed by atoms with Crippen LogP contribution in [0.5, 0.6) is 0 Å². The van der Waals surface area contributed by atoms with Crippen LogP contribution in [0.1, 0.15) is 33.6 Å². The first-order valence-corrected chi connectivity index (χ1v) is 6.60. The van der Waals surface area contributed by atoms with Crippen LogP contribution < -0.4 is 10.6 Å². The molecule has 0 atom stereocenters. The molecule has 0 heterocycles. The van der Waals surface area contributed by atoms with Gasteiger partial charge in [0.25, 0.3) is 0 Å². The highest BCUT2D eigenvalue weighted by Crippen LogP contribution is 2.22. The van der Waals surface area contributed by atoms with Gasteiger partial charge >= 0.3 is 0 Å². The van der Waals surface area contributed by atoms with Gasteiger partial charge in [0.1, 0.15) is 0 Å². The average Bonchev–Trinajstić information content (AvgIpc) is 2.35. The number of benzene rings is 1. The van der Waals surface area contributed by atoms with Crippen molar-refractivity contribution in [2.24, 2.45) is 0 Å². The molecular weight excluding hydrogens is 240 g/mol. The maximum Gasteiger partial charge on any atom is 0.229 e. The summed E-state index contributed by atoms with van der Waals surface area (Å²) in [4.78, 5) is 14.2. The number of anilines is 2. The molecule has 0 saturated heterocycles. The fourth-order valence-electron chi connectivity index (χ4n) is 1.85. The van der Waals surface area contributed by atoms with E-state index < -0.39 is 5.60 Å². The average molecular weight is 264 g/mol. The van der Waals surface area contributed by atoms with E-state index >= 15 is 0 Å². The molecule has 1 rings (SSSR count). The molecule has 0 aliphatic carbocycles. The number of nitrogens with zero attached hydrogens (tertiary/aromatic N) is 1. The van der Waals surface area contributed by atoms with Crippen LogP contribution >= 0.6 is 0 Å². The molecule has 1 amide bonds. The van der Waals surface area contributed by atoms with Crippen LogP contribution in [-0.2, 0) is 9.53 Å². The number of nitrogen functional groups attached to an aromatic ring is 1. The van der Waals surface area contributed by atoms with E-state index in [1.165, 1.54) is 0 Å². The predicted octanol–water partition coefficient (Wildman–Crippen LogP) is 2.83. The molecule has 0 radical (unpaired) electrons. The molecule has 2 N–H and O–H groups in total. The second kappa shape index (κ2) is 6.57. The summed E-state index contributed by atoms with van der Waals surface area (Å²) in [5.41, 5.74) is 6.84. The summed E-state index contributed by atoms with van der Waals surface area (Å²) in [6.45, 7) is 6.55. The third-order valence-corrected chi connectivity index (χ3v) is 3.06. The molecule has 4 heteroatoms. The Hall–Kier alpha value is -1.55. The lowest BCUT2D eigenvalue weighted by Crippen LogP contribution is -2.38. The minimum Gasteiger partial charge on any atom is -0.399 e. The van der Waals surface area contributed by atoms with Crippen LogP contribution in [-0.4, -0.2) is 25.2 Å². The highest BCUT2D eigenvalue weighted by molar-refractivity contribution is 5.94. The van der Waals surface area contributed by atoms with Gasteiger partial charge in [-0.2, -0.15) is 0 Å². The van der Waals surface area contributed by atoms with E-state index in [2.05, 4.69) is 0 Å². The number of carbonyl (C=O) groups excluding carboxylic acids is 1. The van der Waals surface area contributed by atoms with E-state index in [-0.39, 0.29) is 5.91 Å². The third kappa shape index (κ3) is 4.56. The van der Waals surface area contributed by atoms with Crippen LogP contribution in [0.2, 0.25) is 0 Å². The summed E-state index contributed by atoms with van der Waals surface area (Å²) in [7, 11) is 1.62. The summed E-state index contributed by atoms with van der Waals surface area (Å²) in [6.07, 6.45) is 1.24. The summed E-state index contributed by atoms with van der Waals surface area (Å²) in [6, 6.07) is 7.41. The molecule has 1 aromatic rings. The molecule has 0 unspecified atom stereocenters. The third-order valence-electron chi connectivity index (χ3n) is 3.06. The van der Waals surface area contributed by atoms with Crippen molar-refractivity contribution in [3.05, 3.63) is 24.3 Å². The van der Waals surface area contributed by atoms with E-state index in [1.807, 2.05) is 45.0 Å². The summed E-state index contributed by atoms with van der Waals surface area (Å²) in [5, 5.41) is 0. The molecule has 1 aromatic carbocycles. The quantitative estimate of drug-likeness (QED) is 0.804. The van der Waals surface area contributed by atoms with E-state index in [1.54, 1.807) is 12.0 Å². The standard InChI is InChI=1S/C15H24N2O2/c1-5-9-17(13-8-6-7-12(16)10-13)14(18)11-15(2,3)19-4/h6-8,10H,5,9,11,16H2,1-4H3. The molecule has 0 aromatic heterocycles. The molecule has 19 heavy (non-hydrogen) atoms. The molecule has 0 saturated carbocycles. The van der Waals surface area contributed by atoms with Crippen molar-refractivity contribution in [2.75, 3.05) is 24.3 Å². The van der Waals surface area contributed by atoms with Gasteiger partial charge in [-0.15, -0.1) is 0 Å². The van der Waals surface area contributed by atoms with Gasteiger partial charge in [0, 0.05) is 25.0 Å². The van der Waals surface area contributed by atoms with Gasteiger partial charge in [0.2, 0.25) is 5.91 Å². The smallest absolute Gasteiger partial charge is 0.229 e. The van der Waals surface area contributed by atoms with Crippen molar-refractivity contribution >= 4 is 17.3 Å². The Bertz CT molecular complexity index is 430. The minimum absolute atomic E-state index is 0.0549. The van der Waals surface area contributed by atoms with Crippen molar-refractivity contribution in [1.29, 1.82) is 0 Å². The number of nitrogens with two attached hydrogens (primary N) is 1. The second-order valence-corrected chi connectivity index (χ2v) is 5.28.